The predicted octanol–water partition coefficient (Wildman–Crippen LogP) is 5.30. The van der Waals surface area contributed by atoms with E-state index in [9.17, 15) is 23.5 Å². The summed E-state index contributed by atoms with van der Waals surface area (Å²) in [6.45, 7) is 1.57. The van der Waals surface area contributed by atoms with Crippen LogP contribution in [0.15, 0.2) is 30.3 Å². The molecule has 1 fully saturated rings. The van der Waals surface area contributed by atoms with Gasteiger partial charge in [-0.3, -0.25) is 14.2 Å². The third kappa shape index (κ3) is 3.90. The Kier molecular flexibility index (Phi) is 5.71. The number of fused-ring (bicyclic) bond motifs is 1. The molecule has 0 aliphatic heterocycles. The Morgan fingerprint density at radius 2 is 1.90 bits per heavy atom. The number of carbonyl (C=O) groups is 2. The molecular formula is C23H20ClF2NO4. The van der Waals surface area contributed by atoms with E-state index in [0.717, 1.165) is 37.8 Å². The van der Waals surface area contributed by atoms with Gasteiger partial charge in [0.1, 0.15) is 11.9 Å². The summed E-state index contributed by atoms with van der Waals surface area (Å²) in [4.78, 5) is 25.7. The summed E-state index contributed by atoms with van der Waals surface area (Å²) in [6.07, 6.45) is 3.16. The smallest absolute Gasteiger partial charge is 0.310 e. The molecule has 0 bridgehead atoms. The summed E-state index contributed by atoms with van der Waals surface area (Å²) in [5, 5.41) is 9.71. The summed E-state index contributed by atoms with van der Waals surface area (Å²) >= 11 is 5.71. The standard InChI is InChI=1S/C23H20ClF2NO4/c1-12-15(11-20(29)31-14-4-2-3-5-14)21-18(8-9-19(28)22(21)26)27(12)23(30)13-6-7-16(24)17(25)10-13/h6-10,14,28H,2-5,11H2,1H3. The van der Waals surface area contributed by atoms with Crippen LogP contribution in [0, 0.1) is 18.6 Å². The minimum Gasteiger partial charge on any atom is -0.505 e. The number of hydrogen-bond donors (Lipinski definition) is 1. The largest absolute Gasteiger partial charge is 0.505 e. The van der Waals surface area contributed by atoms with Crippen molar-refractivity contribution in [3.8, 4) is 5.75 Å². The molecule has 8 heteroatoms. The third-order valence-corrected chi connectivity index (χ3v) is 6.01. The fourth-order valence-electron chi connectivity index (χ4n) is 4.14. The summed E-state index contributed by atoms with van der Waals surface area (Å²) in [7, 11) is 0. The van der Waals surface area contributed by atoms with Crippen molar-refractivity contribution in [1.29, 1.82) is 0 Å². The monoisotopic (exact) mass is 447 g/mol. The summed E-state index contributed by atoms with van der Waals surface area (Å²) in [6, 6.07) is 6.14. The van der Waals surface area contributed by atoms with E-state index in [2.05, 4.69) is 0 Å². The molecular weight excluding hydrogens is 428 g/mol. The van der Waals surface area contributed by atoms with Crippen molar-refractivity contribution in [2.75, 3.05) is 0 Å². The zero-order valence-electron chi connectivity index (χ0n) is 16.8. The lowest BCUT2D eigenvalue weighted by Crippen LogP contribution is -2.17. The van der Waals surface area contributed by atoms with Gasteiger partial charge in [0, 0.05) is 16.6 Å². The fraction of sp³-hybridized carbons (Fsp3) is 0.304. The van der Waals surface area contributed by atoms with E-state index >= 15 is 0 Å². The zero-order valence-corrected chi connectivity index (χ0v) is 17.5. The summed E-state index contributed by atoms with van der Waals surface area (Å²) < 4.78 is 35.5. The molecule has 1 aliphatic rings. The van der Waals surface area contributed by atoms with Gasteiger partial charge in [0.15, 0.2) is 11.6 Å². The molecule has 0 amide bonds. The predicted molar refractivity (Wildman–Crippen MR) is 111 cm³/mol. The van der Waals surface area contributed by atoms with Crippen LogP contribution < -0.4 is 0 Å². The van der Waals surface area contributed by atoms with E-state index in [-0.39, 0.29) is 39.6 Å². The Morgan fingerprint density at radius 1 is 1.19 bits per heavy atom. The number of phenolic OH excluding ortho intramolecular Hbond substituents is 1. The number of aromatic hydroxyl groups is 1. The molecule has 3 aromatic rings. The molecule has 1 saturated carbocycles. The molecule has 162 valence electrons. The first kappa shape index (κ1) is 21.3. The van der Waals surface area contributed by atoms with E-state index in [1.807, 2.05) is 0 Å². The molecule has 4 rings (SSSR count). The first-order chi connectivity index (χ1) is 14.8. The number of phenols is 1. The summed E-state index contributed by atoms with van der Waals surface area (Å²) in [5.74, 6) is -3.43. The maximum absolute atomic E-state index is 14.9. The van der Waals surface area contributed by atoms with Crippen molar-refractivity contribution in [2.24, 2.45) is 0 Å². The second-order valence-electron chi connectivity index (χ2n) is 7.70. The molecule has 5 nitrogen and oxygen atoms in total. The molecule has 0 spiro atoms. The van der Waals surface area contributed by atoms with Crippen molar-refractivity contribution in [2.45, 2.75) is 45.1 Å². The molecule has 1 heterocycles. The molecule has 1 aliphatic carbocycles. The minimum atomic E-state index is -0.932. The van der Waals surface area contributed by atoms with E-state index in [1.54, 1.807) is 6.92 Å². The van der Waals surface area contributed by atoms with Gasteiger partial charge in [0.05, 0.1) is 17.0 Å². The molecule has 0 atom stereocenters. The van der Waals surface area contributed by atoms with Gasteiger partial charge in [-0.25, -0.2) is 8.78 Å². The lowest BCUT2D eigenvalue weighted by atomic mass is 10.1. The molecule has 1 N–H and O–H groups in total. The van der Waals surface area contributed by atoms with Crippen LogP contribution in [0.1, 0.15) is 47.3 Å². The van der Waals surface area contributed by atoms with Crippen LogP contribution in [0.25, 0.3) is 10.9 Å². The number of rotatable bonds is 4. The SMILES string of the molecule is Cc1c(CC(=O)OC2CCCC2)c2c(F)c(O)ccc2n1C(=O)c1ccc(Cl)c(F)c1. The van der Waals surface area contributed by atoms with Gasteiger partial charge in [-0.2, -0.15) is 0 Å². The van der Waals surface area contributed by atoms with Gasteiger partial charge in [-0.1, -0.05) is 11.6 Å². The second kappa shape index (κ2) is 8.30. The number of carbonyl (C=O) groups excluding carboxylic acids is 2. The van der Waals surface area contributed by atoms with E-state index < -0.39 is 29.3 Å². The van der Waals surface area contributed by atoms with Gasteiger partial charge < -0.3 is 9.84 Å². The van der Waals surface area contributed by atoms with Crippen LogP contribution >= 0.6 is 11.6 Å². The van der Waals surface area contributed by atoms with E-state index in [1.165, 1.54) is 22.8 Å². The van der Waals surface area contributed by atoms with Gasteiger partial charge >= 0.3 is 5.97 Å². The highest BCUT2D eigenvalue weighted by molar-refractivity contribution is 6.30. The first-order valence-corrected chi connectivity index (χ1v) is 10.4. The molecule has 0 radical (unpaired) electrons. The molecule has 0 unspecified atom stereocenters. The summed E-state index contributed by atoms with van der Waals surface area (Å²) in [5.41, 5.74) is 0.727. The molecule has 0 saturated heterocycles. The quantitative estimate of drug-likeness (QED) is 0.551. The fourth-order valence-corrected chi connectivity index (χ4v) is 4.26. The maximum atomic E-state index is 14.9. The highest BCUT2D eigenvalue weighted by Crippen LogP contribution is 2.34. The Labute approximate surface area is 182 Å². The van der Waals surface area contributed by atoms with Crippen LogP contribution in [0.3, 0.4) is 0 Å². The number of ether oxygens (including phenoxy) is 1. The lowest BCUT2D eigenvalue weighted by molar-refractivity contribution is -0.147. The average Bonchev–Trinajstić information content (AvgIpc) is 3.33. The van der Waals surface area contributed by atoms with Crippen LogP contribution in [-0.2, 0) is 16.0 Å². The van der Waals surface area contributed by atoms with Gasteiger partial charge in [-0.15, -0.1) is 0 Å². The van der Waals surface area contributed by atoms with Crippen LogP contribution in [0.4, 0.5) is 8.78 Å². The highest BCUT2D eigenvalue weighted by Gasteiger charge is 2.27. The van der Waals surface area contributed by atoms with Gasteiger partial charge in [0.2, 0.25) is 0 Å². The Bertz CT molecular complexity index is 1200. The van der Waals surface area contributed by atoms with Crippen LogP contribution in [0.5, 0.6) is 5.75 Å². The van der Waals surface area contributed by atoms with Crippen molar-refractivity contribution >= 4 is 34.4 Å². The van der Waals surface area contributed by atoms with E-state index in [0.29, 0.717) is 5.69 Å². The number of nitrogens with zero attached hydrogens (tertiary/aromatic N) is 1. The number of esters is 1. The normalized spacial score (nSPS) is 14.3. The zero-order chi connectivity index (χ0) is 22.3. The Morgan fingerprint density at radius 3 is 2.58 bits per heavy atom. The number of hydrogen-bond acceptors (Lipinski definition) is 4. The molecule has 2 aromatic carbocycles. The van der Waals surface area contributed by atoms with Crippen LogP contribution in [-0.4, -0.2) is 27.7 Å². The molecule has 1 aromatic heterocycles. The third-order valence-electron chi connectivity index (χ3n) is 5.71. The average molecular weight is 448 g/mol. The Balaban J connectivity index is 1.80. The van der Waals surface area contributed by atoms with Crippen molar-refractivity contribution < 1.29 is 28.2 Å². The topological polar surface area (TPSA) is 68.5 Å². The molecule has 31 heavy (non-hydrogen) atoms. The van der Waals surface area contributed by atoms with Crippen molar-refractivity contribution in [3.05, 3.63) is 63.8 Å². The second-order valence-corrected chi connectivity index (χ2v) is 8.11. The Hall–Kier alpha value is -2.93. The lowest BCUT2D eigenvalue weighted by Gasteiger charge is -2.12. The van der Waals surface area contributed by atoms with E-state index in [4.69, 9.17) is 16.3 Å². The van der Waals surface area contributed by atoms with Crippen molar-refractivity contribution in [3.63, 3.8) is 0 Å². The first-order valence-electron chi connectivity index (χ1n) is 9.98. The number of aromatic nitrogens is 1. The van der Waals surface area contributed by atoms with Crippen LogP contribution in [0.2, 0.25) is 5.02 Å². The number of halogens is 3. The number of benzene rings is 2. The maximum Gasteiger partial charge on any atom is 0.310 e. The minimum absolute atomic E-state index is 0.00969. The highest BCUT2D eigenvalue weighted by atomic mass is 35.5. The van der Waals surface area contributed by atoms with Gasteiger partial charge in [-0.05, 0) is 68.5 Å². The van der Waals surface area contributed by atoms with Crippen molar-refractivity contribution in [1.82, 2.24) is 4.57 Å². The van der Waals surface area contributed by atoms with Gasteiger partial charge in [0.25, 0.3) is 5.91 Å².